The van der Waals surface area contributed by atoms with Crippen molar-refractivity contribution in [2.45, 2.75) is 5.16 Å². The zero-order valence-electron chi connectivity index (χ0n) is 16.5. The van der Waals surface area contributed by atoms with Crippen molar-refractivity contribution < 1.29 is 19.0 Å². The van der Waals surface area contributed by atoms with Crippen LogP contribution in [0.3, 0.4) is 0 Å². The summed E-state index contributed by atoms with van der Waals surface area (Å²) in [5, 5.41) is 9.70. The summed E-state index contributed by atoms with van der Waals surface area (Å²) in [7, 11) is 4.61. The highest BCUT2D eigenvalue weighted by Crippen LogP contribution is 2.41. The number of halogens is 1. The molecule has 0 radical (unpaired) electrons. The van der Waals surface area contributed by atoms with E-state index in [4.69, 9.17) is 31.7 Å². The lowest BCUT2D eigenvalue weighted by molar-refractivity contribution is -0.118. The van der Waals surface area contributed by atoms with Gasteiger partial charge in [-0.25, -0.2) is 5.84 Å². The van der Waals surface area contributed by atoms with E-state index in [-0.39, 0.29) is 11.7 Å². The molecule has 1 heterocycles. The number of thioether (sulfide) groups is 1. The van der Waals surface area contributed by atoms with Crippen LogP contribution in [0, 0.1) is 0 Å². The molecule has 0 aliphatic heterocycles. The van der Waals surface area contributed by atoms with Crippen LogP contribution in [-0.4, -0.2) is 47.8 Å². The first-order valence-corrected chi connectivity index (χ1v) is 10.0. The molecule has 0 spiro atoms. The van der Waals surface area contributed by atoms with Crippen molar-refractivity contribution in [2.24, 2.45) is 5.84 Å². The first-order chi connectivity index (χ1) is 14.5. The molecule has 0 fully saturated rings. The number of hydrazine groups is 1. The molecule has 1 aromatic heterocycles. The van der Waals surface area contributed by atoms with E-state index >= 15 is 0 Å². The molecule has 158 valence electrons. The number of ether oxygens (including phenoxy) is 3. The normalized spacial score (nSPS) is 10.6. The monoisotopic (exact) mass is 449 g/mol. The van der Waals surface area contributed by atoms with Gasteiger partial charge in [0.05, 0.1) is 27.1 Å². The third-order valence-corrected chi connectivity index (χ3v) is 5.32. The van der Waals surface area contributed by atoms with E-state index in [0.29, 0.717) is 38.8 Å². The Labute approximate surface area is 182 Å². The number of nitrogens with zero attached hydrogens (tertiary/aromatic N) is 3. The lowest BCUT2D eigenvalue weighted by Crippen LogP contribution is -2.31. The van der Waals surface area contributed by atoms with Crippen LogP contribution >= 0.6 is 23.4 Å². The molecular formula is C19H20ClN5O4S. The zero-order chi connectivity index (χ0) is 21.7. The van der Waals surface area contributed by atoms with E-state index in [0.717, 1.165) is 5.69 Å². The SMILES string of the molecule is COc1cc(-c2nnc(SCC(=O)NN)n2-c2ccc(Cl)cc2)cc(OC)c1OC. The highest BCUT2D eigenvalue weighted by atomic mass is 35.5. The number of carbonyl (C=O) groups excluding carboxylic acids is 1. The first-order valence-electron chi connectivity index (χ1n) is 8.66. The third kappa shape index (κ3) is 4.45. The predicted octanol–water partition coefficient (Wildman–Crippen LogP) is 2.70. The van der Waals surface area contributed by atoms with E-state index in [2.05, 4.69) is 15.6 Å². The molecule has 0 saturated carbocycles. The number of nitrogens with two attached hydrogens (primary N) is 1. The Kier molecular flexibility index (Phi) is 7.03. The highest BCUT2D eigenvalue weighted by molar-refractivity contribution is 7.99. The molecule has 3 N–H and O–H groups in total. The number of rotatable bonds is 8. The fourth-order valence-electron chi connectivity index (χ4n) is 2.76. The van der Waals surface area contributed by atoms with Gasteiger partial charge in [0, 0.05) is 16.3 Å². The Morgan fingerprint density at radius 1 is 1.10 bits per heavy atom. The van der Waals surface area contributed by atoms with Crippen LogP contribution in [-0.2, 0) is 4.79 Å². The maximum atomic E-state index is 11.6. The van der Waals surface area contributed by atoms with E-state index in [9.17, 15) is 4.79 Å². The van der Waals surface area contributed by atoms with Gasteiger partial charge in [0.25, 0.3) is 0 Å². The van der Waals surface area contributed by atoms with Gasteiger partial charge >= 0.3 is 0 Å². The van der Waals surface area contributed by atoms with Crippen molar-refractivity contribution in [3.63, 3.8) is 0 Å². The zero-order valence-corrected chi connectivity index (χ0v) is 18.1. The summed E-state index contributed by atoms with van der Waals surface area (Å²) in [5.74, 6) is 6.88. The van der Waals surface area contributed by atoms with Crippen molar-refractivity contribution in [1.29, 1.82) is 0 Å². The highest BCUT2D eigenvalue weighted by Gasteiger charge is 2.21. The second-order valence-electron chi connectivity index (χ2n) is 5.89. The standard InChI is InChI=1S/C19H20ClN5O4S/c1-27-14-8-11(9-15(28-2)17(14)29-3)18-23-24-19(30-10-16(26)22-21)25(18)13-6-4-12(20)5-7-13/h4-9H,10,21H2,1-3H3,(H,22,26). The molecule has 1 amide bonds. The molecule has 3 aromatic rings. The lowest BCUT2D eigenvalue weighted by atomic mass is 10.1. The van der Waals surface area contributed by atoms with Crippen molar-refractivity contribution in [2.75, 3.05) is 27.1 Å². The van der Waals surface area contributed by atoms with Crippen molar-refractivity contribution in [3.8, 4) is 34.3 Å². The molecule has 2 aromatic carbocycles. The fourth-order valence-corrected chi connectivity index (χ4v) is 3.64. The van der Waals surface area contributed by atoms with Crippen molar-refractivity contribution >= 4 is 29.3 Å². The van der Waals surface area contributed by atoms with Gasteiger partial charge in [-0.2, -0.15) is 0 Å². The Balaban J connectivity index is 2.16. The second kappa shape index (κ2) is 9.70. The number of hydrogen-bond donors (Lipinski definition) is 2. The van der Waals surface area contributed by atoms with Crippen LogP contribution in [0.25, 0.3) is 17.1 Å². The molecule has 0 unspecified atom stereocenters. The summed E-state index contributed by atoms with van der Waals surface area (Å²) in [5.41, 5.74) is 3.55. The smallest absolute Gasteiger partial charge is 0.244 e. The summed E-state index contributed by atoms with van der Waals surface area (Å²) in [6.07, 6.45) is 0. The Hall–Kier alpha value is -2.95. The third-order valence-electron chi connectivity index (χ3n) is 4.13. The van der Waals surface area contributed by atoms with E-state index < -0.39 is 0 Å². The largest absolute Gasteiger partial charge is 0.493 e. The van der Waals surface area contributed by atoms with Crippen molar-refractivity contribution in [3.05, 3.63) is 41.4 Å². The second-order valence-corrected chi connectivity index (χ2v) is 7.27. The minimum absolute atomic E-state index is 0.0808. The number of carbonyl (C=O) groups is 1. The predicted molar refractivity (Wildman–Crippen MR) is 115 cm³/mol. The van der Waals surface area contributed by atoms with Crippen LogP contribution < -0.4 is 25.5 Å². The molecule has 0 aliphatic carbocycles. The number of hydrogen-bond acceptors (Lipinski definition) is 8. The van der Waals surface area contributed by atoms with E-state index in [1.165, 1.54) is 33.1 Å². The molecule has 0 atom stereocenters. The minimum Gasteiger partial charge on any atom is -0.493 e. The van der Waals surface area contributed by atoms with Gasteiger partial charge in [-0.05, 0) is 36.4 Å². The van der Waals surface area contributed by atoms with Gasteiger partial charge in [0.2, 0.25) is 11.7 Å². The topological polar surface area (TPSA) is 114 Å². The van der Waals surface area contributed by atoms with Crippen LogP contribution in [0.4, 0.5) is 0 Å². The minimum atomic E-state index is -0.333. The maximum Gasteiger partial charge on any atom is 0.244 e. The Morgan fingerprint density at radius 2 is 1.73 bits per heavy atom. The van der Waals surface area contributed by atoms with Gasteiger partial charge in [-0.1, -0.05) is 23.4 Å². The van der Waals surface area contributed by atoms with E-state index in [1.54, 1.807) is 24.3 Å². The molecule has 11 heteroatoms. The van der Waals surface area contributed by atoms with E-state index in [1.807, 2.05) is 16.7 Å². The van der Waals surface area contributed by atoms with Crippen LogP contribution in [0.5, 0.6) is 17.2 Å². The number of methoxy groups -OCH3 is 3. The summed E-state index contributed by atoms with van der Waals surface area (Å²) in [6, 6.07) is 10.7. The molecular weight excluding hydrogens is 430 g/mol. The Bertz CT molecular complexity index is 1020. The van der Waals surface area contributed by atoms with Crippen molar-refractivity contribution in [1.82, 2.24) is 20.2 Å². The molecule has 9 nitrogen and oxygen atoms in total. The molecule has 3 rings (SSSR count). The molecule has 0 bridgehead atoms. The Morgan fingerprint density at radius 3 is 2.27 bits per heavy atom. The van der Waals surface area contributed by atoms with Gasteiger partial charge in [0.1, 0.15) is 0 Å². The summed E-state index contributed by atoms with van der Waals surface area (Å²) in [6.45, 7) is 0. The molecule has 0 saturated heterocycles. The van der Waals surface area contributed by atoms with Crippen LogP contribution in [0.2, 0.25) is 5.02 Å². The number of benzene rings is 2. The number of aromatic nitrogens is 3. The first kappa shape index (κ1) is 21.8. The number of amides is 1. The summed E-state index contributed by atoms with van der Waals surface area (Å²) < 4.78 is 18.1. The molecule has 0 aliphatic rings. The van der Waals surface area contributed by atoms with Gasteiger partial charge in [-0.15, -0.1) is 10.2 Å². The summed E-state index contributed by atoms with van der Waals surface area (Å²) in [4.78, 5) is 11.6. The van der Waals surface area contributed by atoms with Crippen LogP contribution in [0.15, 0.2) is 41.6 Å². The average Bonchev–Trinajstić information content (AvgIpc) is 3.20. The fraction of sp³-hybridized carbons (Fsp3) is 0.211. The van der Waals surface area contributed by atoms with Gasteiger partial charge < -0.3 is 14.2 Å². The van der Waals surface area contributed by atoms with Crippen LogP contribution in [0.1, 0.15) is 0 Å². The maximum absolute atomic E-state index is 11.6. The summed E-state index contributed by atoms with van der Waals surface area (Å²) >= 11 is 7.24. The van der Waals surface area contributed by atoms with Gasteiger partial charge in [0.15, 0.2) is 22.5 Å². The molecule has 30 heavy (non-hydrogen) atoms. The number of nitrogens with one attached hydrogen (secondary N) is 1. The average molecular weight is 450 g/mol. The quantitative estimate of drug-likeness (QED) is 0.233. The van der Waals surface area contributed by atoms with Gasteiger partial charge in [-0.3, -0.25) is 14.8 Å². The lowest BCUT2D eigenvalue weighted by Gasteiger charge is -2.15.